The second kappa shape index (κ2) is 7.28. The van der Waals surface area contributed by atoms with Crippen LogP contribution in [-0.2, 0) is 17.6 Å². The van der Waals surface area contributed by atoms with Crippen LogP contribution in [0.2, 0.25) is 0 Å². The van der Waals surface area contributed by atoms with Crippen molar-refractivity contribution >= 4 is 11.7 Å². The van der Waals surface area contributed by atoms with E-state index in [1.807, 2.05) is 12.1 Å². The third-order valence-corrected chi connectivity index (χ3v) is 5.96. The van der Waals surface area contributed by atoms with Crippen molar-refractivity contribution < 1.29 is 9.59 Å². The lowest BCUT2D eigenvalue weighted by molar-refractivity contribution is -0.122. The quantitative estimate of drug-likeness (QED) is 0.810. The Hall–Kier alpha value is -1.68. The van der Waals surface area contributed by atoms with Crippen molar-refractivity contribution in [1.29, 1.82) is 0 Å². The Balaban J connectivity index is 1.21. The van der Waals surface area contributed by atoms with Crippen LogP contribution in [0.1, 0.15) is 66.4 Å². The van der Waals surface area contributed by atoms with E-state index in [0.29, 0.717) is 12.8 Å². The molecule has 4 nitrogen and oxygen atoms in total. The van der Waals surface area contributed by atoms with Gasteiger partial charge >= 0.3 is 0 Å². The van der Waals surface area contributed by atoms with E-state index in [9.17, 15) is 9.59 Å². The number of amides is 1. The van der Waals surface area contributed by atoms with Gasteiger partial charge in [0.05, 0.1) is 0 Å². The zero-order valence-electron chi connectivity index (χ0n) is 14.9. The molecule has 1 aliphatic heterocycles. The van der Waals surface area contributed by atoms with E-state index < -0.39 is 0 Å². The lowest BCUT2D eigenvalue weighted by atomic mass is 10.0. The minimum atomic E-state index is 0.0272. The van der Waals surface area contributed by atoms with Gasteiger partial charge in [-0.3, -0.25) is 9.59 Å². The maximum absolute atomic E-state index is 12.4. The highest BCUT2D eigenvalue weighted by atomic mass is 16.2. The lowest BCUT2D eigenvalue weighted by Gasteiger charge is -2.32. The Morgan fingerprint density at radius 1 is 1.00 bits per heavy atom. The number of nitrogens with one attached hydrogen (secondary N) is 1. The van der Waals surface area contributed by atoms with Crippen molar-refractivity contribution in [2.24, 2.45) is 0 Å². The molecule has 4 rings (SSSR count). The number of fused-ring (bicyclic) bond motifs is 1. The molecule has 1 saturated heterocycles. The van der Waals surface area contributed by atoms with E-state index in [4.69, 9.17) is 0 Å². The van der Waals surface area contributed by atoms with Crippen LogP contribution in [0.3, 0.4) is 0 Å². The molecule has 1 saturated carbocycles. The van der Waals surface area contributed by atoms with Gasteiger partial charge in [0.1, 0.15) is 0 Å². The number of carbonyl (C=O) groups excluding carboxylic acids is 2. The number of hydrogen-bond acceptors (Lipinski definition) is 3. The van der Waals surface area contributed by atoms with Crippen LogP contribution in [0.15, 0.2) is 18.2 Å². The number of benzene rings is 1. The van der Waals surface area contributed by atoms with Crippen molar-refractivity contribution in [2.75, 3.05) is 13.1 Å². The third-order valence-electron chi connectivity index (χ3n) is 5.96. The summed E-state index contributed by atoms with van der Waals surface area (Å²) in [6.45, 7) is 2.20. The molecule has 0 bridgehead atoms. The van der Waals surface area contributed by atoms with Gasteiger partial charge in [0.15, 0.2) is 5.78 Å². The monoisotopic (exact) mass is 340 g/mol. The van der Waals surface area contributed by atoms with Gasteiger partial charge in [-0.2, -0.15) is 0 Å². The number of ketones is 1. The normalized spacial score (nSPS) is 21.1. The summed E-state index contributed by atoms with van der Waals surface area (Å²) in [6.07, 6.45) is 8.80. The van der Waals surface area contributed by atoms with Crippen molar-refractivity contribution in [1.82, 2.24) is 10.2 Å². The number of hydrogen-bond donors (Lipinski definition) is 1. The minimum Gasteiger partial charge on any atom is -0.353 e. The molecule has 1 aromatic rings. The van der Waals surface area contributed by atoms with Gasteiger partial charge in [-0.25, -0.2) is 0 Å². The molecule has 134 valence electrons. The largest absolute Gasteiger partial charge is 0.353 e. The molecule has 0 radical (unpaired) electrons. The van der Waals surface area contributed by atoms with E-state index in [0.717, 1.165) is 50.4 Å². The minimum absolute atomic E-state index is 0.0272. The fourth-order valence-corrected chi connectivity index (χ4v) is 4.27. The summed E-state index contributed by atoms with van der Waals surface area (Å²) in [5.74, 6) is 0.118. The summed E-state index contributed by atoms with van der Waals surface area (Å²) in [4.78, 5) is 27.1. The van der Waals surface area contributed by atoms with Crippen LogP contribution in [-0.4, -0.2) is 41.8 Å². The van der Waals surface area contributed by atoms with Gasteiger partial charge in [0.25, 0.3) is 0 Å². The number of likely N-dealkylation sites (tertiary alicyclic amines) is 1. The Morgan fingerprint density at radius 2 is 1.76 bits per heavy atom. The SMILES string of the molecule is O=C(CCC(=O)c1ccc2c(c1)CCC2)NC1CCN(C2CC2)CC1. The second-order valence-electron chi connectivity index (χ2n) is 7.87. The molecule has 2 aliphatic carbocycles. The molecule has 1 aromatic carbocycles. The zero-order valence-corrected chi connectivity index (χ0v) is 14.9. The molecule has 1 N–H and O–H groups in total. The number of carbonyl (C=O) groups is 2. The highest BCUT2D eigenvalue weighted by Gasteiger charge is 2.32. The first kappa shape index (κ1) is 16.8. The van der Waals surface area contributed by atoms with Gasteiger partial charge in [0.2, 0.25) is 5.91 Å². The molecule has 0 unspecified atom stereocenters. The van der Waals surface area contributed by atoms with Crippen molar-refractivity contribution in [2.45, 2.75) is 69.9 Å². The first-order valence-corrected chi connectivity index (χ1v) is 9.87. The molecular formula is C21H28N2O2. The van der Waals surface area contributed by atoms with Gasteiger partial charge in [0, 0.05) is 43.6 Å². The predicted octanol–water partition coefficient (Wildman–Crippen LogP) is 2.88. The molecule has 0 atom stereocenters. The van der Waals surface area contributed by atoms with Crippen molar-refractivity contribution in [3.63, 3.8) is 0 Å². The Labute approximate surface area is 150 Å². The second-order valence-corrected chi connectivity index (χ2v) is 7.87. The molecule has 25 heavy (non-hydrogen) atoms. The summed E-state index contributed by atoms with van der Waals surface area (Å²) in [5.41, 5.74) is 3.47. The molecule has 0 spiro atoms. The summed E-state index contributed by atoms with van der Waals surface area (Å²) in [7, 11) is 0. The number of rotatable bonds is 6. The highest BCUT2D eigenvalue weighted by molar-refractivity contribution is 5.98. The fraction of sp³-hybridized carbons (Fsp3) is 0.619. The molecule has 1 amide bonds. The van der Waals surface area contributed by atoms with E-state index >= 15 is 0 Å². The van der Waals surface area contributed by atoms with Crippen molar-refractivity contribution in [3.8, 4) is 0 Å². The van der Waals surface area contributed by atoms with Crippen LogP contribution in [0, 0.1) is 0 Å². The number of Topliss-reactive ketones (excluding diaryl/α,β-unsaturated/α-hetero) is 1. The first-order valence-electron chi connectivity index (χ1n) is 9.87. The van der Waals surface area contributed by atoms with Crippen LogP contribution < -0.4 is 5.32 Å². The predicted molar refractivity (Wildman–Crippen MR) is 97.8 cm³/mol. The number of piperidine rings is 1. The summed E-state index contributed by atoms with van der Waals surface area (Å²) in [6, 6.07) is 7.16. The standard InChI is InChI=1S/C21H28N2O2/c24-20(17-5-4-15-2-1-3-16(15)14-17)8-9-21(25)22-18-10-12-23(13-11-18)19-6-7-19/h4-5,14,18-19H,1-3,6-13H2,(H,22,25). The molecule has 3 aliphatic rings. The zero-order chi connectivity index (χ0) is 17.2. The average molecular weight is 340 g/mol. The summed E-state index contributed by atoms with van der Waals surface area (Å²) < 4.78 is 0. The number of aryl methyl sites for hydroxylation is 2. The Kier molecular flexibility index (Phi) is 4.89. The van der Waals surface area contributed by atoms with Gasteiger partial charge in [-0.1, -0.05) is 12.1 Å². The van der Waals surface area contributed by atoms with E-state index in [2.05, 4.69) is 16.3 Å². The smallest absolute Gasteiger partial charge is 0.220 e. The highest BCUT2D eigenvalue weighted by Crippen LogP contribution is 2.29. The maximum atomic E-state index is 12.4. The van der Waals surface area contributed by atoms with Gasteiger partial charge in [-0.15, -0.1) is 0 Å². The van der Waals surface area contributed by atoms with E-state index in [-0.39, 0.29) is 17.7 Å². The van der Waals surface area contributed by atoms with E-state index in [1.54, 1.807) is 0 Å². The van der Waals surface area contributed by atoms with Gasteiger partial charge < -0.3 is 10.2 Å². The van der Waals surface area contributed by atoms with Crippen molar-refractivity contribution in [3.05, 3.63) is 34.9 Å². The van der Waals surface area contributed by atoms with E-state index in [1.165, 1.54) is 30.4 Å². The molecule has 1 heterocycles. The van der Waals surface area contributed by atoms with Crippen LogP contribution in [0.25, 0.3) is 0 Å². The van der Waals surface area contributed by atoms with Gasteiger partial charge in [-0.05, 0) is 62.1 Å². The Bertz CT molecular complexity index is 658. The molecular weight excluding hydrogens is 312 g/mol. The van der Waals surface area contributed by atoms with Crippen LogP contribution in [0.4, 0.5) is 0 Å². The summed E-state index contributed by atoms with van der Waals surface area (Å²) >= 11 is 0. The average Bonchev–Trinajstić information content (AvgIpc) is 3.37. The topological polar surface area (TPSA) is 49.4 Å². The fourth-order valence-electron chi connectivity index (χ4n) is 4.27. The molecule has 2 fully saturated rings. The number of nitrogens with zero attached hydrogens (tertiary/aromatic N) is 1. The van der Waals surface area contributed by atoms with Crippen LogP contribution >= 0.6 is 0 Å². The lowest BCUT2D eigenvalue weighted by Crippen LogP contribution is -2.45. The molecule has 0 aromatic heterocycles. The third kappa shape index (κ3) is 4.12. The van der Waals surface area contributed by atoms with Crippen LogP contribution in [0.5, 0.6) is 0 Å². The molecule has 4 heteroatoms. The Morgan fingerprint density at radius 3 is 2.52 bits per heavy atom. The maximum Gasteiger partial charge on any atom is 0.220 e. The first-order chi connectivity index (χ1) is 12.2. The summed E-state index contributed by atoms with van der Waals surface area (Å²) in [5, 5.41) is 3.13.